The van der Waals surface area contributed by atoms with Gasteiger partial charge in [0.2, 0.25) is 5.91 Å². The first-order valence-electron chi connectivity index (χ1n) is 8.73. The van der Waals surface area contributed by atoms with Crippen molar-refractivity contribution in [3.63, 3.8) is 0 Å². The van der Waals surface area contributed by atoms with E-state index in [2.05, 4.69) is 36.5 Å². The minimum absolute atomic E-state index is 0.0573. The molecule has 2 aromatic rings. The fourth-order valence-corrected chi connectivity index (χ4v) is 2.80. The van der Waals surface area contributed by atoms with Crippen LogP contribution in [0.25, 0.3) is 0 Å². The third-order valence-electron chi connectivity index (χ3n) is 4.46. The van der Waals surface area contributed by atoms with E-state index in [0.29, 0.717) is 24.7 Å². The maximum Gasteiger partial charge on any atom is 0.254 e. The zero-order chi connectivity index (χ0) is 17.8. The van der Waals surface area contributed by atoms with Crippen LogP contribution in [0.3, 0.4) is 0 Å². The van der Waals surface area contributed by atoms with Crippen LogP contribution in [-0.2, 0) is 17.9 Å². The summed E-state index contributed by atoms with van der Waals surface area (Å²) in [6.07, 6.45) is 2.16. The van der Waals surface area contributed by atoms with Crippen LogP contribution in [0.5, 0.6) is 0 Å². The van der Waals surface area contributed by atoms with E-state index < -0.39 is 0 Å². The standard InChI is InChI=1S/C21H24N2O2/c1-15-3-5-18(6-4-15)14-23(20-11-12-20)21(25)19-9-7-17(8-10-19)13-22-16(2)24/h3-10,20H,11-14H2,1-2H3,(H,22,24). The molecule has 1 aliphatic carbocycles. The first kappa shape index (κ1) is 17.2. The molecule has 0 aliphatic heterocycles. The van der Waals surface area contributed by atoms with Crippen LogP contribution < -0.4 is 5.32 Å². The molecular weight excluding hydrogens is 312 g/mol. The summed E-state index contributed by atoms with van der Waals surface area (Å²) < 4.78 is 0. The van der Waals surface area contributed by atoms with Crippen molar-refractivity contribution in [1.29, 1.82) is 0 Å². The lowest BCUT2D eigenvalue weighted by molar-refractivity contribution is -0.119. The molecule has 1 N–H and O–H groups in total. The van der Waals surface area contributed by atoms with Crippen molar-refractivity contribution in [2.45, 2.75) is 45.8 Å². The Labute approximate surface area is 148 Å². The third kappa shape index (κ3) is 4.69. The maximum atomic E-state index is 12.9. The van der Waals surface area contributed by atoms with Gasteiger partial charge in [0, 0.05) is 31.6 Å². The summed E-state index contributed by atoms with van der Waals surface area (Å²) in [5.41, 5.74) is 4.07. The molecule has 25 heavy (non-hydrogen) atoms. The highest BCUT2D eigenvalue weighted by Crippen LogP contribution is 2.30. The van der Waals surface area contributed by atoms with Gasteiger partial charge < -0.3 is 10.2 Å². The van der Waals surface area contributed by atoms with Gasteiger partial charge in [-0.2, -0.15) is 0 Å². The number of nitrogens with zero attached hydrogens (tertiary/aromatic N) is 1. The number of rotatable bonds is 6. The summed E-state index contributed by atoms with van der Waals surface area (Å²) in [5, 5.41) is 2.76. The van der Waals surface area contributed by atoms with Crippen LogP contribution in [0, 0.1) is 6.92 Å². The van der Waals surface area contributed by atoms with Crippen LogP contribution in [0.15, 0.2) is 48.5 Å². The summed E-state index contributed by atoms with van der Waals surface area (Å²) in [4.78, 5) is 25.9. The van der Waals surface area contributed by atoms with Crippen LogP contribution in [0.4, 0.5) is 0 Å². The van der Waals surface area contributed by atoms with E-state index in [4.69, 9.17) is 0 Å². The molecule has 1 saturated carbocycles. The maximum absolute atomic E-state index is 12.9. The first-order valence-corrected chi connectivity index (χ1v) is 8.73. The topological polar surface area (TPSA) is 49.4 Å². The number of benzene rings is 2. The molecule has 0 heterocycles. The number of carbonyl (C=O) groups excluding carboxylic acids is 2. The molecule has 0 unspecified atom stereocenters. The molecule has 0 aromatic heterocycles. The molecular formula is C21H24N2O2. The summed E-state index contributed by atoms with van der Waals surface area (Å²) in [5.74, 6) is 0.0207. The normalized spacial score (nSPS) is 13.4. The molecule has 0 spiro atoms. The highest BCUT2D eigenvalue weighted by atomic mass is 16.2. The smallest absolute Gasteiger partial charge is 0.254 e. The lowest BCUT2D eigenvalue weighted by Gasteiger charge is -2.23. The average Bonchev–Trinajstić information content (AvgIpc) is 3.44. The molecule has 130 valence electrons. The van der Waals surface area contributed by atoms with Crippen LogP contribution >= 0.6 is 0 Å². The molecule has 1 fully saturated rings. The number of carbonyl (C=O) groups is 2. The van der Waals surface area contributed by atoms with Crippen molar-refractivity contribution < 1.29 is 9.59 Å². The van der Waals surface area contributed by atoms with Gasteiger partial charge in [0.05, 0.1) is 0 Å². The summed E-state index contributed by atoms with van der Waals surface area (Å²) in [6.45, 7) is 4.70. The highest BCUT2D eigenvalue weighted by Gasteiger charge is 2.33. The minimum Gasteiger partial charge on any atom is -0.352 e. The van der Waals surface area contributed by atoms with E-state index in [-0.39, 0.29) is 11.8 Å². The van der Waals surface area contributed by atoms with Crippen LogP contribution in [0.1, 0.15) is 46.8 Å². The molecule has 2 aromatic carbocycles. The zero-order valence-corrected chi connectivity index (χ0v) is 14.8. The highest BCUT2D eigenvalue weighted by molar-refractivity contribution is 5.94. The predicted octanol–water partition coefficient (Wildman–Crippen LogP) is 3.44. The zero-order valence-electron chi connectivity index (χ0n) is 14.8. The van der Waals surface area contributed by atoms with Gasteiger partial charge in [-0.15, -0.1) is 0 Å². The van der Waals surface area contributed by atoms with Crippen LogP contribution in [-0.4, -0.2) is 22.8 Å². The van der Waals surface area contributed by atoms with Gasteiger partial charge in [0.25, 0.3) is 5.91 Å². The van der Waals surface area contributed by atoms with Crippen LogP contribution in [0.2, 0.25) is 0 Å². The Kier molecular flexibility index (Phi) is 5.17. The Morgan fingerprint density at radius 3 is 2.16 bits per heavy atom. The van der Waals surface area contributed by atoms with E-state index in [1.807, 2.05) is 29.2 Å². The third-order valence-corrected chi connectivity index (χ3v) is 4.46. The summed E-state index contributed by atoms with van der Waals surface area (Å²) >= 11 is 0. The molecule has 0 saturated heterocycles. The lowest BCUT2D eigenvalue weighted by Crippen LogP contribution is -2.32. The monoisotopic (exact) mass is 336 g/mol. The fraction of sp³-hybridized carbons (Fsp3) is 0.333. The Morgan fingerprint density at radius 2 is 1.60 bits per heavy atom. The van der Waals surface area contributed by atoms with Crippen molar-refractivity contribution in [1.82, 2.24) is 10.2 Å². The number of aryl methyl sites for hydroxylation is 1. The minimum atomic E-state index is -0.0573. The van der Waals surface area contributed by atoms with E-state index in [9.17, 15) is 9.59 Å². The molecule has 2 amide bonds. The lowest BCUT2D eigenvalue weighted by atomic mass is 10.1. The first-order chi connectivity index (χ1) is 12.0. The molecule has 1 aliphatic rings. The van der Waals surface area contributed by atoms with Gasteiger partial charge in [-0.3, -0.25) is 9.59 Å². The Morgan fingerprint density at radius 1 is 1.00 bits per heavy atom. The van der Waals surface area contributed by atoms with Gasteiger partial charge >= 0.3 is 0 Å². The molecule has 0 bridgehead atoms. The summed E-state index contributed by atoms with van der Waals surface area (Å²) in [6, 6.07) is 16.2. The van der Waals surface area contributed by atoms with Crippen molar-refractivity contribution in [3.8, 4) is 0 Å². The molecule has 4 heteroatoms. The number of hydrogen-bond acceptors (Lipinski definition) is 2. The predicted molar refractivity (Wildman–Crippen MR) is 98.0 cm³/mol. The van der Waals surface area contributed by atoms with E-state index >= 15 is 0 Å². The number of nitrogens with one attached hydrogen (secondary N) is 1. The second-order valence-electron chi connectivity index (χ2n) is 6.76. The van der Waals surface area contributed by atoms with Gasteiger partial charge in [0.15, 0.2) is 0 Å². The summed E-state index contributed by atoms with van der Waals surface area (Å²) in [7, 11) is 0. The van der Waals surface area contributed by atoms with Crippen molar-refractivity contribution in [3.05, 3.63) is 70.8 Å². The van der Waals surface area contributed by atoms with Gasteiger partial charge in [-0.05, 0) is 43.0 Å². The molecule has 3 rings (SSSR count). The molecule has 4 nitrogen and oxygen atoms in total. The molecule has 0 atom stereocenters. The Balaban J connectivity index is 1.70. The van der Waals surface area contributed by atoms with Gasteiger partial charge in [-0.1, -0.05) is 42.0 Å². The Bertz CT molecular complexity index is 746. The molecule has 0 radical (unpaired) electrons. The largest absolute Gasteiger partial charge is 0.352 e. The van der Waals surface area contributed by atoms with Gasteiger partial charge in [0.1, 0.15) is 0 Å². The second-order valence-corrected chi connectivity index (χ2v) is 6.76. The van der Waals surface area contributed by atoms with E-state index in [1.165, 1.54) is 12.5 Å². The number of hydrogen-bond donors (Lipinski definition) is 1. The van der Waals surface area contributed by atoms with Crippen molar-refractivity contribution >= 4 is 11.8 Å². The SMILES string of the molecule is CC(=O)NCc1ccc(C(=O)N(Cc2ccc(C)cc2)C2CC2)cc1. The van der Waals surface area contributed by atoms with Crippen molar-refractivity contribution in [2.75, 3.05) is 0 Å². The fourth-order valence-electron chi connectivity index (χ4n) is 2.80. The quantitative estimate of drug-likeness (QED) is 0.878. The average molecular weight is 336 g/mol. The van der Waals surface area contributed by atoms with E-state index in [0.717, 1.165) is 24.0 Å². The Hall–Kier alpha value is -2.62. The van der Waals surface area contributed by atoms with Crippen molar-refractivity contribution in [2.24, 2.45) is 0 Å². The van der Waals surface area contributed by atoms with Gasteiger partial charge in [-0.25, -0.2) is 0 Å². The number of amides is 2. The second kappa shape index (κ2) is 7.51. The van der Waals surface area contributed by atoms with E-state index in [1.54, 1.807) is 0 Å².